The van der Waals surface area contributed by atoms with E-state index in [2.05, 4.69) is 18.2 Å². The van der Waals surface area contributed by atoms with Crippen LogP contribution in [0.25, 0.3) is 0 Å². The molecular weight excluding hydrogens is 208 g/mol. The highest BCUT2D eigenvalue weighted by Gasteiger charge is 2.02. The van der Waals surface area contributed by atoms with Crippen LogP contribution in [-0.4, -0.2) is 6.54 Å². The minimum Gasteiger partial charge on any atom is -0.311 e. The van der Waals surface area contributed by atoms with E-state index < -0.39 is 0 Å². The Morgan fingerprint density at radius 1 is 1.12 bits per heavy atom. The SMILES string of the molecule is NN(CCCC1=CCCC=C1)c1ccccc1. The second kappa shape index (κ2) is 6.26. The Hall–Kier alpha value is -1.54. The van der Waals surface area contributed by atoms with Gasteiger partial charge in [-0.15, -0.1) is 0 Å². The Morgan fingerprint density at radius 2 is 1.94 bits per heavy atom. The van der Waals surface area contributed by atoms with E-state index in [4.69, 9.17) is 5.84 Å². The fourth-order valence-electron chi connectivity index (χ4n) is 2.06. The molecule has 0 heterocycles. The number of hydrogen-bond acceptors (Lipinski definition) is 2. The first kappa shape index (κ1) is 11.9. The zero-order valence-corrected chi connectivity index (χ0v) is 10.2. The molecule has 1 aliphatic rings. The lowest BCUT2D eigenvalue weighted by Gasteiger charge is -2.18. The minimum absolute atomic E-state index is 0.898. The van der Waals surface area contributed by atoms with E-state index in [9.17, 15) is 0 Å². The second-order valence-corrected chi connectivity index (χ2v) is 4.39. The van der Waals surface area contributed by atoms with Gasteiger partial charge in [0.25, 0.3) is 0 Å². The Bertz CT molecular complexity index is 393. The third kappa shape index (κ3) is 3.75. The quantitative estimate of drug-likeness (QED) is 0.618. The van der Waals surface area contributed by atoms with Gasteiger partial charge in [0.15, 0.2) is 0 Å². The maximum atomic E-state index is 6.01. The van der Waals surface area contributed by atoms with Crippen LogP contribution in [0.5, 0.6) is 0 Å². The molecule has 2 heteroatoms. The van der Waals surface area contributed by atoms with Crippen LogP contribution in [0.2, 0.25) is 0 Å². The molecule has 0 aromatic heterocycles. The predicted molar refractivity (Wildman–Crippen MR) is 73.7 cm³/mol. The summed E-state index contributed by atoms with van der Waals surface area (Å²) < 4.78 is 0. The van der Waals surface area contributed by atoms with Crippen molar-refractivity contribution in [3.63, 3.8) is 0 Å². The van der Waals surface area contributed by atoms with E-state index in [1.54, 1.807) is 0 Å². The van der Waals surface area contributed by atoms with Gasteiger partial charge in [0, 0.05) is 6.54 Å². The van der Waals surface area contributed by atoms with E-state index in [1.807, 2.05) is 35.3 Å². The number of allylic oxidation sites excluding steroid dienone is 4. The highest BCUT2D eigenvalue weighted by atomic mass is 15.4. The first-order valence-corrected chi connectivity index (χ1v) is 6.29. The fourth-order valence-corrected chi connectivity index (χ4v) is 2.06. The first-order valence-electron chi connectivity index (χ1n) is 6.29. The van der Waals surface area contributed by atoms with E-state index in [-0.39, 0.29) is 0 Å². The number of nitrogens with two attached hydrogens (primary N) is 1. The number of rotatable bonds is 5. The van der Waals surface area contributed by atoms with Gasteiger partial charge in [-0.25, -0.2) is 5.84 Å². The van der Waals surface area contributed by atoms with Crippen LogP contribution in [0.3, 0.4) is 0 Å². The Balaban J connectivity index is 1.75. The van der Waals surface area contributed by atoms with Crippen molar-refractivity contribution in [1.82, 2.24) is 0 Å². The summed E-state index contributed by atoms with van der Waals surface area (Å²) in [7, 11) is 0. The Morgan fingerprint density at radius 3 is 2.65 bits per heavy atom. The van der Waals surface area contributed by atoms with Crippen LogP contribution in [0, 0.1) is 0 Å². The molecule has 0 spiro atoms. The molecule has 0 atom stereocenters. The topological polar surface area (TPSA) is 29.3 Å². The van der Waals surface area contributed by atoms with Gasteiger partial charge in [0.1, 0.15) is 0 Å². The Kier molecular flexibility index (Phi) is 4.39. The van der Waals surface area contributed by atoms with E-state index in [0.29, 0.717) is 0 Å². The summed E-state index contributed by atoms with van der Waals surface area (Å²) >= 11 is 0. The molecule has 0 saturated heterocycles. The molecule has 17 heavy (non-hydrogen) atoms. The standard InChI is InChI=1S/C15H20N2/c16-17(15-11-5-2-6-12-15)13-7-10-14-8-3-1-4-9-14/h2-3,5-6,8-9,11-12H,1,4,7,10,13,16H2. The van der Waals surface area contributed by atoms with Gasteiger partial charge >= 0.3 is 0 Å². The molecule has 1 aromatic carbocycles. The van der Waals surface area contributed by atoms with Crippen molar-refractivity contribution in [3.8, 4) is 0 Å². The molecule has 2 rings (SSSR count). The van der Waals surface area contributed by atoms with Crippen molar-refractivity contribution < 1.29 is 0 Å². The molecular formula is C15H20N2. The van der Waals surface area contributed by atoms with Crippen molar-refractivity contribution in [1.29, 1.82) is 0 Å². The summed E-state index contributed by atoms with van der Waals surface area (Å²) in [6.45, 7) is 0.898. The predicted octanol–water partition coefficient (Wildman–Crippen LogP) is 3.42. The second-order valence-electron chi connectivity index (χ2n) is 4.39. The van der Waals surface area contributed by atoms with Crippen molar-refractivity contribution in [2.45, 2.75) is 25.7 Å². The molecule has 1 aromatic rings. The van der Waals surface area contributed by atoms with Gasteiger partial charge in [-0.1, -0.05) is 42.0 Å². The molecule has 0 radical (unpaired) electrons. The average molecular weight is 228 g/mol. The van der Waals surface area contributed by atoms with Crippen LogP contribution < -0.4 is 10.9 Å². The zero-order chi connectivity index (χ0) is 11.9. The van der Waals surface area contributed by atoms with E-state index in [1.165, 1.54) is 18.4 Å². The highest BCUT2D eigenvalue weighted by Crippen LogP contribution is 2.16. The highest BCUT2D eigenvalue weighted by molar-refractivity contribution is 5.44. The van der Waals surface area contributed by atoms with Crippen LogP contribution in [0.15, 0.2) is 54.1 Å². The molecule has 90 valence electrons. The number of hydrogen-bond donors (Lipinski definition) is 1. The summed E-state index contributed by atoms with van der Waals surface area (Å²) in [5.41, 5.74) is 2.54. The zero-order valence-electron chi connectivity index (χ0n) is 10.2. The van der Waals surface area contributed by atoms with Crippen LogP contribution in [-0.2, 0) is 0 Å². The average Bonchev–Trinajstić information content (AvgIpc) is 2.41. The lowest BCUT2D eigenvalue weighted by atomic mass is 10.0. The summed E-state index contributed by atoms with van der Waals surface area (Å²) in [6.07, 6.45) is 11.4. The van der Waals surface area contributed by atoms with Crippen LogP contribution in [0.4, 0.5) is 5.69 Å². The third-order valence-corrected chi connectivity index (χ3v) is 3.02. The maximum absolute atomic E-state index is 6.01. The van der Waals surface area contributed by atoms with E-state index in [0.717, 1.165) is 25.1 Å². The molecule has 0 fully saturated rings. The van der Waals surface area contributed by atoms with Crippen molar-refractivity contribution >= 4 is 5.69 Å². The summed E-state index contributed by atoms with van der Waals surface area (Å²) in [5, 5.41) is 1.83. The monoisotopic (exact) mass is 228 g/mol. The summed E-state index contributed by atoms with van der Waals surface area (Å²) in [6, 6.07) is 10.1. The molecule has 0 aliphatic heterocycles. The van der Waals surface area contributed by atoms with Gasteiger partial charge in [-0.3, -0.25) is 0 Å². The number of hydrazine groups is 1. The van der Waals surface area contributed by atoms with Crippen molar-refractivity contribution in [2.75, 3.05) is 11.6 Å². The molecule has 2 nitrogen and oxygen atoms in total. The number of anilines is 1. The molecule has 1 aliphatic carbocycles. The molecule has 0 amide bonds. The largest absolute Gasteiger partial charge is 0.311 e. The van der Waals surface area contributed by atoms with Gasteiger partial charge in [-0.2, -0.15) is 0 Å². The Labute approximate surface area is 103 Å². The maximum Gasteiger partial charge on any atom is 0.0517 e. The molecule has 0 unspecified atom stereocenters. The van der Waals surface area contributed by atoms with Crippen LogP contribution >= 0.6 is 0 Å². The van der Waals surface area contributed by atoms with E-state index >= 15 is 0 Å². The number of para-hydroxylation sites is 1. The fraction of sp³-hybridized carbons (Fsp3) is 0.333. The summed E-state index contributed by atoms with van der Waals surface area (Å²) in [5.74, 6) is 6.01. The first-order chi connectivity index (χ1) is 8.36. The van der Waals surface area contributed by atoms with Crippen LogP contribution in [0.1, 0.15) is 25.7 Å². The summed E-state index contributed by atoms with van der Waals surface area (Å²) in [4.78, 5) is 0. The van der Waals surface area contributed by atoms with Gasteiger partial charge in [-0.05, 0) is 37.8 Å². The van der Waals surface area contributed by atoms with Gasteiger partial charge in [0.2, 0.25) is 0 Å². The molecule has 0 bridgehead atoms. The smallest absolute Gasteiger partial charge is 0.0517 e. The lowest BCUT2D eigenvalue weighted by Crippen LogP contribution is -2.31. The number of benzene rings is 1. The van der Waals surface area contributed by atoms with Crippen molar-refractivity contribution in [2.24, 2.45) is 5.84 Å². The number of nitrogens with zero attached hydrogens (tertiary/aromatic N) is 1. The molecule has 0 saturated carbocycles. The normalized spacial score (nSPS) is 14.5. The minimum atomic E-state index is 0.898. The third-order valence-electron chi connectivity index (χ3n) is 3.02. The van der Waals surface area contributed by atoms with Gasteiger partial charge in [0.05, 0.1) is 5.69 Å². The van der Waals surface area contributed by atoms with Crippen molar-refractivity contribution in [3.05, 3.63) is 54.1 Å². The molecule has 2 N–H and O–H groups in total. The van der Waals surface area contributed by atoms with Gasteiger partial charge < -0.3 is 5.01 Å². The lowest BCUT2D eigenvalue weighted by molar-refractivity contribution is 0.751.